The van der Waals surface area contributed by atoms with Gasteiger partial charge in [-0.2, -0.15) is 0 Å². The van der Waals surface area contributed by atoms with Crippen LogP contribution in [-0.2, 0) is 0 Å². The standard InChI is InChI=1S/C14H32O2Si/c1-13(2)9-5-7-11-17(15,16)12-8-6-10-14(3)4/h13-16H,5-12H2,1-4H3. The summed E-state index contributed by atoms with van der Waals surface area (Å²) in [6.07, 6.45) is 6.66. The first kappa shape index (κ1) is 17.1. The van der Waals surface area contributed by atoms with Crippen molar-refractivity contribution in [3.05, 3.63) is 0 Å². The molecule has 2 nitrogen and oxygen atoms in total. The average Bonchev–Trinajstić information content (AvgIpc) is 2.19. The van der Waals surface area contributed by atoms with E-state index in [1.165, 1.54) is 12.8 Å². The van der Waals surface area contributed by atoms with E-state index in [1.807, 2.05) is 0 Å². The summed E-state index contributed by atoms with van der Waals surface area (Å²) in [5, 5.41) is 0. The van der Waals surface area contributed by atoms with Crippen LogP contribution in [0.1, 0.15) is 66.2 Å². The van der Waals surface area contributed by atoms with Crippen molar-refractivity contribution in [1.82, 2.24) is 0 Å². The molecule has 0 spiro atoms. The lowest BCUT2D eigenvalue weighted by Crippen LogP contribution is -2.34. The molecule has 0 heterocycles. The Morgan fingerprint density at radius 1 is 0.706 bits per heavy atom. The molecule has 0 aromatic rings. The molecule has 0 aliphatic carbocycles. The molecule has 0 amide bonds. The second-order valence-corrected chi connectivity index (χ2v) is 9.23. The number of hydrogen-bond donors (Lipinski definition) is 2. The third kappa shape index (κ3) is 12.4. The lowest BCUT2D eigenvalue weighted by molar-refractivity contribution is 0.348. The molecule has 104 valence electrons. The normalized spacial score (nSPS) is 12.7. The molecule has 0 aromatic carbocycles. The SMILES string of the molecule is CC(C)CCCC[Si](O)(O)CCCCC(C)C. The number of rotatable bonds is 10. The van der Waals surface area contributed by atoms with Gasteiger partial charge in [-0.25, -0.2) is 0 Å². The molecule has 0 aliphatic rings. The molecule has 0 unspecified atom stereocenters. The van der Waals surface area contributed by atoms with Crippen molar-refractivity contribution in [2.45, 2.75) is 78.3 Å². The van der Waals surface area contributed by atoms with E-state index in [-0.39, 0.29) is 0 Å². The minimum absolute atomic E-state index is 0.668. The molecule has 2 N–H and O–H groups in total. The van der Waals surface area contributed by atoms with E-state index in [0.29, 0.717) is 12.1 Å². The van der Waals surface area contributed by atoms with Gasteiger partial charge in [0, 0.05) is 0 Å². The van der Waals surface area contributed by atoms with Gasteiger partial charge < -0.3 is 9.59 Å². The van der Waals surface area contributed by atoms with E-state index in [2.05, 4.69) is 27.7 Å². The zero-order valence-electron chi connectivity index (χ0n) is 12.2. The Morgan fingerprint density at radius 2 is 1.06 bits per heavy atom. The topological polar surface area (TPSA) is 40.5 Å². The first-order valence-corrected chi connectivity index (χ1v) is 9.59. The van der Waals surface area contributed by atoms with Crippen molar-refractivity contribution >= 4 is 8.56 Å². The maximum atomic E-state index is 9.94. The van der Waals surface area contributed by atoms with Crippen molar-refractivity contribution in [3.8, 4) is 0 Å². The third-order valence-corrected chi connectivity index (χ3v) is 5.53. The molecule has 0 rings (SSSR count). The fourth-order valence-electron chi connectivity index (χ4n) is 2.05. The first-order valence-electron chi connectivity index (χ1n) is 7.28. The first-order chi connectivity index (χ1) is 7.83. The molecule has 0 atom stereocenters. The van der Waals surface area contributed by atoms with Crippen LogP contribution in [-0.4, -0.2) is 18.2 Å². The van der Waals surface area contributed by atoms with Gasteiger partial charge in [-0.1, -0.05) is 66.2 Å². The summed E-state index contributed by atoms with van der Waals surface area (Å²) in [6.45, 7) is 8.87. The predicted octanol–water partition coefficient (Wildman–Crippen LogP) is 4.07. The van der Waals surface area contributed by atoms with Gasteiger partial charge in [0.15, 0.2) is 0 Å². The van der Waals surface area contributed by atoms with E-state index in [9.17, 15) is 9.59 Å². The molecule has 0 radical (unpaired) electrons. The second kappa shape index (κ2) is 9.12. The fraction of sp³-hybridized carbons (Fsp3) is 1.00. The lowest BCUT2D eigenvalue weighted by Gasteiger charge is -2.18. The maximum absolute atomic E-state index is 9.94. The fourth-order valence-corrected chi connectivity index (χ4v) is 3.93. The molecule has 0 fully saturated rings. The van der Waals surface area contributed by atoms with Crippen molar-refractivity contribution in [3.63, 3.8) is 0 Å². The molecule has 0 saturated heterocycles. The Kier molecular flexibility index (Phi) is 9.19. The Bertz CT molecular complexity index is 161. The van der Waals surface area contributed by atoms with Crippen molar-refractivity contribution in [2.75, 3.05) is 0 Å². The number of hydrogen-bond acceptors (Lipinski definition) is 2. The highest BCUT2D eigenvalue weighted by Crippen LogP contribution is 2.19. The molecule has 3 heteroatoms. The smallest absolute Gasteiger partial charge is 0.332 e. The van der Waals surface area contributed by atoms with Crippen LogP contribution in [0.3, 0.4) is 0 Å². The highest BCUT2D eigenvalue weighted by molar-refractivity contribution is 6.64. The van der Waals surface area contributed by atoms with Crippen LogP contribution in [0.2, 0.25) is 12.1 Å². The van der Waals surface area contributed by atoms with Gasteiger partial charge in [0.05, 0.1) is 0 Å². The largest absolute Gasteiger partial charge is 0.411 e. The minimum Gasteiger partial charge on any atom is -0.411 e. The van der Waals surface area contributed by atoms with Crippen LogP contribution in [0.5, 0.6) is 0 Å². The summed E-state index contributed by atoms with van der Waals surface area (Å²) in [6, 6.07) is 1.34. The summed E-state index contributed by atoms with van der Waals surface area (Å²) >= 11 is 0. The predicted molar refractivity (Wildman–Crippen MR) is 77.2 cm³/mol. The van der Waals surface area contributed by atoms with Crippen LogP contribution in [0.25, 0.3) is 0 Å². The zero-order valence-corrected chi connectivity index (χ0v) is 13.2. The highest BCUT2D eigenvalue weighted by Gasteiger charge is 2.27. The molecular formula is C14H32O2Si. The van der Waals surface area contributed by atoms with Gasteiger partial charge in [-0.15, -0.1) is 0 Å². The average molecular weight is 260 g/mol. The summed E-state index contributed by atoms with van der Waals surface area (Å²) in [5.41, 5.74) is 0. The molecular weight excluding hydrogens is 228 g/mol. The summed E-state index contributed by atoms with van der Waals surface area (Å²) in [5.74, 6) is 1.46. The van der Waals surface area contributed by atoms with Crippen LogP contribution in [0, 0.1) is 11.8 Å². The Morgan fingerprint density at radius 3 is 1.35 bits per heavy atom. The van der Waals surface area contributed by atoms with E-state index < -0.39 is 8.56 Å². The van der Waals surface area contributed by atoms with Crippen LogP contribution in [0.15, 0.2) is 0 Å². The molecule has 0 aliphatic heterocycles. The second-order valence-electron chi connectivity index (χ2n) is 6.26. The van der Waals surface area contributed by atoms with Gasteiger partial charge in [0.1, 0.15) is 0 Å². The molecule has 0 bridgehead atoms. The van der Waals surface area contributed by atoms with Gasteiger partial charge in [-0.3, -0.25) is 0 Å². The van der Waals surface area contributed by atoms with E-state index in [1.54, 1.807) is 0 Å². The van der Waals surface area contributed by atoms with E-state index in [4.69, 9.17) is 0 Å². The van der Waals surface area contributed by atoms with Crippen LogP contribution in [0.4, 0.5) is 0 Å². The van der Waals surface area contributed by atoms with Crippen LogP contribution >= 0.6 is 0 Å². The summed E-state index contributed by atoms with van der Waals surface area (Å²) in [7, 11) is -2.85. The van der Waals surface area contributed by atoms with Crippen LogP contribution < -0.4 is 0 Å². The Hall–Kier alpha value is 0.137. The van der Waals surface area contributed by atoms with Gasteiger partial charge in [0.2, 0.25) is 0 Å². The Balaban J connectivity index is 3.51. The quantitative estimate of drug-likeness (QED) is 0.459. The lowest BCUT2D eigenvalue weighted by atomic mass is 10.1. The molecule has 17 heavy (non-hydrogen) atoms. The summed E-state index contributed by atoms with van der Waals surface area (Å²) in [4.78, 5) is 19.9. The molecule has 0 aromatic heterocycles. The van der Waals surface area contributed by atoms with Crippen molar-refractivity contribution in [2.24, 2.45) is 11.8 Å². The van der Waals surface area contributed by atoms with E-state index in [0.717, 1.165) is 37.5 Å². The maximum Gasteiger partial charge on any atom is 0.332 e. The van der Waals surface area contributed by atoms with Gasteiger partial charge >= 0.3 is 8.56 Å². The third-order valence-electron chi connectivity index (χ3n) is 3.22. The van der Waals surface area contributed by atoms with E-state index >= 15 is 0 Å². The number of unbranched alkanes of at least 4 members (excludes halogenated alkanes) is 2. The van der Waals surface area contributed by atoms with Gasteiger partial charge in [-0.05, 0) is 23.9 Å². The van der Waals surface area contributed by atoms with Crippen molar-refractivity contribution < 1.29 is 9.59 Å². The Labute approximate surface area is 109 Å². The monoisotopic (exact) mass is 260 g/mol. The molecule has 0 saturated carbocycles. The van der Waals surface area contributed by atoms with Gasteiger partial charge in [0.25, 0.3) is 0 Å². The zero-order chi connectivity index (χ0) is 13.3. The highest BCUT2D eigenvalue weighted by atomic mass is 28.4. The summed E-state index contributed by atoms with van der Waals surface area (Å²) < 4.78 is 0. The minimum atomic E-state index is -2.85. The van der Waals surface area contributed by atoms with Crippen molar-refractivity contribution in [1.29, 1.82) is 0 Å².